The summed E-state index contributed by atoms with van der Waals surface area (Å²) in [6.45, 7) is 6.61. The van der Waals surface area contributed by atoms with Crippen molar-refractivity contribution in [3.8, 4) is 0 Å². The molecule has 0 aromatic heterocycles. The lowest BCUT2D eigenvalue weighted by atomic mass is 10.1. The second-order valence-electron chi connectivity index (χ2n) is 2.44. The van der Waals surface area contributed by atoms with Crippen molar-refractivity contribution in [2.75, 3.05) is 11.6 Å². The maximum Gasteiger partial charge on any atom is 0.0353 e. The number of rotatable bonds is 5. The van der Waals surface area contributed by atoms with E-state index >= 15 is 0 Å². The van der Waals surface area contributed by atoms with Crippen molar-refractivity contribution in [2.24, 2.45) is 5.92 Å². The lowest BCUT2D eigenvalue weighted by Gasteiger charge is -2.15. The summed E-state index contributed by atoms with van der Waals surface area (Å²) >= 11 is 5.76. The van der Waals surface area contributed by atoms with Crippen LogP contribution in [0.3, 0.4) is 0 Å². The molecule has 3 heteroatoms. The molecule has 1 atom stereocenters. The first-order chi connectivity index (χ1) is 4.72. The van der Waals surface area contributed by atoms with E-state index in [1.165, 1.54) is 5.75 Å². The van der Waals surface area contributed by atoms with E-state index in [9.17, 15) is 0 Å². The lowest BCUT2D eigenvalue weighted by Crippen LogP contribution is -2.11. The van der Waals surface area contributed by atoms with Gasteiger partial charge in [-0.05, 0) is 5.92 Å². The standard InChI is InChI=1S/C7H15ClS2/c1-4-9-10-7(5-8)6(2)3/h6-7H,4-5H2,1-3H3. The monoisotopic (exact) mass is 198 g/mol. The van der Waals surface area contributed by atoms with Crippen molar-refractivity contribution in [2.45, 2.75) is 26.0 Å². The minimum absolute atomic E-state index is 0.617. The lowest BCUT2D eigenvalue weighted by molar-refractivity contribution is 0.649. The number of halogens is 1. The van der Waals surface area contributed by atoms with Gasteiger partial charge in [-0.2, -0.15) is 0 Å². The van der Waals surface area contributed by atoms with Gasteiger partial charge in [0.2, 0.25) is 0 Å². The van der Waals surface area contributed by atoms with Crippen LogP contribution in [0.15, 0.2) is 0 Å². The fourth-order valence-electron chi connectivity index (χ4n) is 0.470. The predicted molar refractivity (Wildman–Crippen MR) is 55.1 cm³/mol. The molecule has 0 saturated heterocycles. The van der Waals surface area contributed by atoms with Gasteiger partial charge in [0.15, 0.2) is 0 Å². The number of alkyl halides is 1. The van der Waals surface area contributed by atoms with Gasteiger partial charge in [0.05, 0.1) is 0 Å². The highest BCUT2D eigenvalue weighted by Crippen LogP contribution is 2.31. The molecule has 0 aliphatic heterocycles. The first-order valence-corrected chi connectivity index (χ1v) is 6.48. The van der Waals surface area contributed by atoms with Crippen LogP contribution in [0.4, 0.5) is 0 Å². The molecule has 1 unspecified atom stereocenters. The molecule has 0 spiro atoms. The first-order valence-electron chi connectivity index (χ1n) is 3.56. The summed E-state index contributed by atoms with van der Waals surface area (Å²) in [7, 11) is 3.82. The Labute approximate surface area is 76.9 Å². The van der Waals surface area contributed by atoms with Crippen LogP contribution in [0.2, 0.25) is 0 Å². The third kappa shape index (κ3) is 4.75. The quantitative estimate of drug-likeness (QED) is 0.489. The van der Waals surface area contributed by atoms with Gasteiger partial charge in [-0.25, -0.2) is 0 Å². The van der Waals surface area contributed by atoms with E-state index in [0.717, 1.165) is 5.88 Å². The fourth-order valence-corrected chi connectivity index (χ4v) is 3.63. The van der Waals surface area contributed by atoms with Crippen LogP contribution < -0.4 is 0 Å². The van der Waals surface area contributed by atoms with E-state index < -0.39 is 0 Å². The molecule has 0 aromatic rings. The van der Waals surface area contributed by atoms with Gasteiger partial charge < -0.3 is 0 Å². The Bertz CT molecular complexity index is 76.0. The average molecular weight is 199 g/mol. The molecule has 0 heterocycles. The summed E-state index contributed by atoms with van der Waals surface area (Å²) in [4.78, 5) is 0. The Morgan fingerprint density at radius 3 is 2.30 bits per heavy atom. The van der Waals surface area contributed by atoms with Gasteiger partial charge in [0, 0.05) is 16.9 Å². The highest BCUT2D eigenvalue weighted by atomic mass is 35.5. The maximum atomic E-state index is 5.76. The van der Waals surface area contributed by atoms with Gasteiger partial charge in [-0.15, -0.1) is 11.6 Å². The maximum absolute atomic E-state index is 5.76. The normalized spacial score (nSPS) is 14.1. The molecular weight excluding hydrogens is 184 g/mol. The largest absolute Gasteiger partial charge is 0.125 e. The van der Waals surface area contributed by atoms with Crippen molar-refractivity contribution in [3.05, 3.63) is 0 Å². The summed E-state index contributed by atoms with van der Waals surface area (Å²) in [5.74, 6) is 2.64. The minimum Gasteiger partial charge on any atom is -0.125 e. The van der Waals surface area contributed by atoms with E-state index in [4.69, 9.17) is 11.6 Å². The Morgan fingerprint density at radius 2 is 2.00 bits per heavy atom. The average Bonchev–Trinajstić information content (AvgIpc) is 1.89. The van der Waals surface area contributed by atoms with Crippen molar-refractivity contribution in [1.29, 1.82) is 0 Å². The highest BCUT2D eigenvalue weighted by molar-refractivity contribution is 8.76. The molecular formula is C7H15ClS2. The second kappa shape index (κ2) is 6.68. The van der Waals surface area contributed by atoms with Crippen LogP contribution in [0.1, 0.15) is 20.8 Å². The zero-order chi connectivity index (χ0) is 7.98. The molecule has 10 heavy (non-hydrogen) atoms. The van der Waals surface area contributed by atoms with Crippen molar-refractivity contribution in [3.63, 3.8) is 0 Å². The summed E-state index contributed by atoms with van der Waals surface area (Å²) in [5.41, 5.74) is 0. The van der Waals surface area contributed by atoms with Crippen LogP contribution >= 0.6 is 33.2 Å². The van der Waals surface area contributed by atoms with Crippen molar-refractivity contribution >= 4 is 33.2 Å². The Kier molecular flexibility index (Phi) is 7.35. The smallest absolute Gasteiger partial charge is 0.0353 e. The van der Waals surface area contributed by atoms with E-state index in [1.54, 1.807) is 0 Å². The molecule has 0 N–H and O–H groups in total. The summed E-state index contributed by atoms with van der Waals surface area (Å²) in [5, 5.41) is 0.617. The first kappa shape index (κ1) is 11.0. The van der Waals surface area contributed by atoms with Gasteiger partial charge in [-0.1, -0.05) is 42.4 Å². The van der Waals surface area contributed by atoms with Gasteiger partial charge in [0.25, 0.3) is 0 Å². The summed E-state index contributed by atoms with van der Waals surface area (Å²) in [6.07, 6.45) is 0. The van der Waals surface area contributed by atoms with Crippen molar-refractivity contribution < 1.29 is 0 Å². The van der Waals surface area contributed by atoms with Gasteiger partial charge >= 0.3 is 0 Å². The SMILES string of the molecule is CCSSC(CCl)C(C)C. The molecule has 0 fully saturated rings. The van der Waals surface area contributed by atoms with Crippen LogP contribution in [-0.4, -0.2) is 16.9 Å². The highest BCUT2D eigenvalue weighted by Gasteiger charge is 2.11. The van der Waals surface area contributed by atoms with Crippen LogP contribution in [0.25, 0.3) is 0 Å². The van der Waals surface area contributed by atoms with Crippen LogP contribution in [-0.2, 0) is 0 Å². The third-order valence-corrected chi connectivity index (χ3v) is 4.91. The Hall–Kier alpha value is 0.990. The number of hydrogen-bond acceptors (Lipinski definition) is 2. The summed E-state index contributed by atoms with van der Waals surface area (Å²) in [6, 6.07) is 0. The zero-order valence-electron chi connectivity index (χ0n) is 6.76. The third-order valence-electron chi connectivity index (χ3n) is 1.21. The molecule has 0 saturated carbocycles. The second-order valence-corrected chi connectivity index (χ2v) is 5.64. The molecule has 0 nitrogen and oxygen atoms in total. The molecule has 0 aliphatic carbocycles. The zero-order valence-corrected chi connectivity index (χ0v) is 9.15. The molecule has 0 aromatic carbocycles. The topological polar surface area (TPSA) is 0 Å². The van der Waals surface area contributed by atoms with E-state index in [-0.39, 0.29) is 0 Å². The predicted octanol–water partition coefficient (Wildman–Crippen LogP) is 3.65. The van der Waals surface area contributed by atoms with Gasteiger partial charge in [0.1, 0.15) is 0 Å². The Morgan fingerprint density at radius 1 is 1.40 bits per heavy atom. The van der Waals surface area contributed by atoms with Crippen LogP contribution in [0.5, 0.6) is 0 Å². The molecule has 62 valence electrons. The van der Waals surface area contributed by atoms with Crippen LogP contribution in [0, 0.1) is 5.92 Å². The molecule has 0 bridgehead atoms. The van der Waals surface area contributed by atoms with Crippen molar-refractivity contribution in [1.82, 2.24) is 0 Å². The Balaban J connectivity index is 3.40. The molecule has 0 amide bonds. The number of hydrogen-bond donors (Lipinski definition) is 0. The fraction of sp³-hybridized carbons (Fsp3) is 1.00. The minimum atomic E-state index is 0.617. The van der Waals surface area contributed by atoms with E-state index in [0.29, 0.717) is 11.2 Å². The van der Waals surface area contributed by atoms with E-state index in [2.05, 4.69) is 20.8 Å². The molecule has 0 radical (unpaired) electrons. The summed E-state index contributed by atoms with van der Waals surface area (Å²) < 4.78 is 0. The van der Waals surface area contributed by atoms with Gasteiger partial charge in [-0.3, -0.25) is 0 Å². The molecule has 0 aliphatic rings. The molecule has 0 rings (SSSR count). The van der Waals surface area contributed by atoms with E-state index in [1.807, 2.05) is 21.6 Å².